The number of urea groups is 1. The number of nitrogens with zero attached hydrogens (tertiary/aromatic N) is 5. The molecule has 1 aromatic heterocycles. The fourth-order valence-electron chi connectivity index (χ4n) is 4.82. The molecule has 1 aliphatic heterocycles. The van der Waals surface area contributed by atoms with E-state index in [1.165, 1.54) is 11.1 Å². The van der Waals surface area contributed by atoms with Gasteiger partial charge in [0.1, 0.15) is 5.82 Å². The molecule has 0 aliphatic carbocycles. The Kier molecular flexibility index (Phi) is 9.02. The molecule has 2 heterocycles. The van der Waals surface area contributed by atoms with Gasteiger partial charge < -0.3 is 30.6 Å². The highest BCUT2D eigenvalue weighted by atomic mass is 16.5. The van der Waals surface area contributed by atoms with Gasteiger partial charge in [0, 0.05) is 74.5 Å². The molecule has 43 heavy (non-hydrogen) atoms. The van der Waals surface area contributed by atoms with E-state index in [1.807, 2.05) is 30.3 Å². The lowest BCUT2D eigenvalue weighted by atomic mass is 9.99. The number of hydrogen-bond acceptors (Lipinski definition) is 8. The SMILES string of the molecule is CN=CC(C=N)c1ccc2c(N3CCOCC3)nc(-c3ccc(NC(=O)Nc4ccc(C(=O)N(C)C)cc4)cc3)nc2c1. The number of nitrogens with one attached hydrogen (secondary N) is 3. The third-order valence-corrected chi connectivity index (χ3v) is 7.08. The zero-order valence-electron chi connectivity index (χ0n) is 24.4. The molecule has 1 atom stereocenters. The number of benzene rings is 3. The molecule has 0 bridgehead atoms. The first-order valence-electron chi connectivity index (χ1n) is 13.9. The van der Waals surface area contributed by atoms with E-state index in [9.17, 15) is 9.59 Å². The van der Waals surface area contributed by atoms with Crippen molar-refractivity contribution in [3.63, 3.8) is 0 Å². The maximum absolute atomic E-state index is 12.6. The Bertz CT molecular complexity index is 1650. The molecule has 3 aromatic carbocycles. The number of morpholine rings is 1. The molecule has 11 nitrogen and oxygen atoms in total. The van der Waals surface area contributed by atoms with Gasteiger partial charge in [-0.2, -0.15) is 0 Å². The minimum atomic E-state index is -0.403. The number of fused-ring (bicyclic) bond motifs is 1. The second-order valence-corrected chi connectivity index (χ2v) is 10.3. The predicted octanol–water partition coefficient (Wildman–Crippen LogP) is 4.91. The molecule has 0 spiro atoms. The number of anilines is 3. The minimum Gasteiger partial charge on any atom is -0.378 e. The molecule has 1 aliphatic rings. The number of rotatable bonds is 8. The number of aromatic nitrogens is 2. The van der Waals surface area contributed by atoms with Crippen molar-refractivity contribution < 1.29 is 14.3 Å². The summed E-state index contributed by atoms with van der Waals surface area (Å²) in [6, 6.07) is 19.7. The molecule has 4 aromatic rings. The number of carbonyl (C=O) groups excluding carboxylic acids is 2. The summed E-state index contributed by atoms with van der Waals surface area (Å²) in [6.07, 6.45) is 3.10. The number of hydrogen-bond donors (Lipinski definition) is 3. The second kappa shape index (κ2) is 13.2. The molecule has 1 fully saturated rings. The molecule has 3 amide bonds. The second-order valence-electron chi connectivity index (χ2n) is 10.3. The van der Waals surface area contributed by atoms with Crippen LogP contribution in [0, 0.1) is 5.41 Å². The van der Waals surface area contributed by atoms with Crippen LogP contribution < -0.4 is 15.5 Å². The van der Waals surface area contributed by atoms with Gasteiger partial charge in [0.05, 0.1) is 24.6 Å². The normalized spacial score (nSPS) is 14.0. The molecular weight excluding hydrogens is 544 g/mol. The first-order valence-corrected chi connectivity index (χ1v) is 13.9. The molecule has 1 saturated heterocycles. The Labute approximate surface area is 250 Å². The van der Waals surface area contributed by atoms with Crippen LogP contribution in [-0.2, 0) is 4.74 Å². The van der Waals surface area contributed by atoms with Crippen molar-refractivity contribution in [2.75, 3.05) is 63.0 Å². The van der Waals surface area contributed by atoms with E-state index >= 15 is 0 Å². The highest BCUT2D eigenvalue weighted by Crippen LogP contribution is 2.30. The van der Waals surface area contributed by atoms with E-state index in [0.29, 0.717) is 36.0 Å². The fraction of sp³-hybridized carbons (Fsp3) is 0.250. The Morgan fingerprint density at radius 1 is 0.977 bits per heavy atom. The molecule has 0 saturated carbocycles. The van der Waals surface area contributed by atoms with Crippen LogP contribution in [-0.4, -0.2) is 86.7 Å². The van der Waals surface area contributed by atoms with E-state index in [4.69, 9.17) is 20.1 Å². The van der Waals surface area contributed by atoms with E-state index in [0.717, 1.165) is 40.9 Å². The van der Waals surface area contributed by atoms with Gasteiger partial charge in [0.25, 0.3) is 5.91 Å². The Morgan fingerprint density at radius 2 is 1.63 bits per heavy atom. The largest absolute Gasteiger partial charge is 0.378 e. The number of carbonyl (C=O) groups is 2. The molecule has 3 N–H and O–H groups in total. The van der Waals surface area contributed by atoms with Crippen LogP contribution in [0.1, 0.15) is 21.8 Å². The summed E-state index contributed by atoms with van der Waals surface area (Å²) in [5.41, 5.74) is 4.21. The van der Waals surface area contributed by atoms with Crippen LogP contribution in [0.3, 0.4) is 0 Å². The van der Waals surface area contributed by atoms with E-state index in [1.54, 1.807) is 63.8 Å². The van der Waals surface area contributed by atoms with E-state index in [2.05, 4.69) is 20.5 Å². The van der Waals surface area contributed by atoms with Crippen LogP contribution in [0.4, 0.5) is 22.0 Å². The third kappa shape index (κ3) is 6.84. The summed E-state index contributed by atoms with van der Waals surface area (Å²) in [7, 11) is 5.08. The Morgan fingerprint density at radius 3 is 2.23 bits per heavy atom. The lowest BCUT2D eigenvalue weighted by Gasteiger charge is -2.29. The Balaban J connectivity index is 1.37. The standard InChI is InChI=1S/C32H34N8O3/c1-34-20-24(19-33)23-8-13-27-28(18-23)37-29(38-30(27)40-14-16-43-17-15-40)21-4-9-25(10-5-21)35-32(42)36-26-11-6-22(7-12-26)31(41)39(2)3/h4-13,18-20,24,33H,14-17H2,1-3H3,(H2,35,36,42). The highest BCUT2D eigenvalue weighted by Gasteiger charge is 2.19. The van der Waals surface area contributed by atoms with Gasteiger partial charge in [-0.25, -0.2) is 14.8 Å². The molecule has 0 radical (unpaired) electrons. The van der Waals surface area contributed by atoms with Gasteiger partial charge in [-0.3, -0.25) is 9.79 Å². The van der Waals surface area contributed by atoms with Crippen molar-refractivity contribution in [3.8, 4) is 11.4 Å². The van der Waals surface area contributed by atoms with Crippen LogP contribution in [0.15, 0.2) is 71.7 Å². The summed E-state index contributed by atoms with van der Waals surface area (Å²) in [5.74, 6) is 1.05. The lowest BCUT2D eigenvalue weighted by Crippen LogP contribution is -2.37. The van der Waals surface area contributed by atoms with E-state index < -0.39 is 6.03 Å². The zero-order chi connectivity index (χ0) is 30.3. The molecule has 5 rings (SSSR count). The van der Waals surface area contributed by atoms with Crippen molar-refractivity contribution >= 4 is 52.5 Å². The highest BCUT2D eigenvalue weighted by molar-refractivity contribution is 6.01. The molecular formula is C32H34N8O3. The maximum atomic E-state index is 12.6. The topological polar surface area (TPSA) is 136 Å². The number of aliphatic imine (C=N–C) groups is 1. The minimum absolute atomic E-state index is 0.106. The monoisotopic (exact) mass is 578 g/mol. The summed E-state index contributed by atoms with van der Waals surface area (Å²) in [4.78, 5) is 42.4. The molecule has 1 unspecified atom stereocenters. The van der Waals surface area contributed by atoms with E-state index in [-0.39, 0.29) is 11.8 Å². The summed E-state index contributed by atoms with van der Waals surface area (Å²) >= 11 is 0. The van der Waals surface area contributed by atoms with Crippen molar-refractivity contribution in [1.29, 1.82) is 5.41 Å². The van der Waals surface area contributed by atoms with Gasteiger partial charge in [0.2, 0.25) is 0 Å². The third-order valence-electron chi connectivity index (χ3n) is 7.08. The van der Waals surface area contributed by atoms with Gasteiger partial charge in [0.15, 0.2) is 5.82 Å². The van der Waals surface area contributed by atoms with Crippen molar-refractivity contribution in [2.45, 2.75) is 5.92 Å². The number of amides is 3. The maximum Gasteiger partial charge on any atom is 0.323 e. The van der Waals surface area contributed by atoms with Crippen molar-refractivity contribution in [3.05, 3.63) is 77.9 Å². The smallest absolute Gasteiger partial charge is 0.323 e. The van der Waals surface area contributed by atoms with Crippen LogP contribution in [0.2, 0.25) is 0 Å². The summed E-state index contributed by atoms with van der Waals surface area (Å²) in [6.45, 7) is 2.71. The lowest BCUT2D eigenvalue weighted by molar-refractivity contribution is 0.0827. The van der Waals surface area contributed by atoms with Crippen LogP contribution in [0.25, 0.3) is 22.3 Å². The van der Waals surface area contributed by atoms with Gasteiger partial charge in [-0.1, -0.05) is 6.07 Å². The predicted molar refractivity (Wildman–Crippen MR) is 171 cm³/mol. The quantitative estimate of drug-likeness (QED) is 0.254. The first-order chi connectivity index (χ1) is 20.9. The molecule has 11 heteroatoms. The summed E-state index contributed by atoms with van der Waals surface area (Å²) < 4.78 is 5.57. The fourth-order valence-corrected chi connectivity index (χ4v) is 4.82. The van der Waals surface area contributed by atoms with Gasteiger partial charge in [-0.05, 0) is 66.2 Å². The van der Waals surface area contributed by atoms with Gasteiger partial charge in [-0.15, -0.1) is 0 Å². The average Bonchev–Trinajstić information content (AvgIpc) is 3.03. The summed E-state index contributed by atoms with van der Waals surface area (Å²) in [5, 5.41) is 14.4. The first kappa shape index (κ1) is 29.3. The number of ether oxygens (including phenoxy) is 1. The zero-order valence-corrected chi connectivity index (χ0v) is 24.4. The Hall–Kier alpha value is -5.16. The average molecular weight is 579 g/mol. The van der Waals surface area contributed by atoms with Crippen LogP contribution in [0.5, 0.6) is 0 Å². The van der Waals surface area contributed by atoms with Gasteiger partial charge >= 0.3 is 6.03 Å². The van der Waals surface area contributed by atoms with Crippen molar-refractivity contribution in [2.24, 2.45) is 4.99 Å². The van der Waals surface area contributed by atoms with Crippen LogP contribution >= 0.6 is 0 Å². The van der Waals surface area contributed by atoms with Crippen molar-refractivity contribution in [1.82, 2.24) is 14.9 Å². The molecule has 220 valence electrons.